The van der Waals surface area contributed by atoms with Crippen LogP contribution in [0, 0.1) is 0 Å². The summed E-state index contributed by atoms with van der Waals surface area (Å²) in [5.41, 5.74) is 0. The van der Waals surface area contributed by atoms with Crippen molar-refractivity contribution in [1.82, 2.24) is 0 Å². The van der Waals surface area contributed by atoms with Gasteiger partial charge in [-0.25, -0.2) is 0 Å². The molecule has 0 saturated carbocycles. The monoisotopic (exact) mass is 300 g/mol. The van der Waals surface area contributed by atoms with Crippen LogP contribution in [0.15, 0.2) is 0 Å². The molecule has 0 aromatic rings. The fourth-order valence-corrected chi connectivity index (χ4v) is 2.71. The van der Waals surface area contributed by atoms with E-state index in [9.17, 15) is 0 Å². The van der Waals surface area contributed by atoms with Crippen molar-refractivity contribution in [2.24, 2.45) is 0 Å². The highest BCUT2D eigenvalue weighted by Gasteiger charge is 1.96. The second-order valence-corrected chi connectivity index (χ2v) is 6.38. The molecule has 0 aliphatic heterocycles. The third-order valence-corrected chi connectivity index (χ3v) is 4.33. The van der Waals surface area contributed by atoms with Crippen molar-refractivity contribution in [2.75, 3.05) is 7.11 Å². The minimum atomic E-state index is 0.768. The maximum atomic E-state index is 5.03. The van der Waals surface area contributed by atoms with Gasteiger partial charge in [0.15, 0.2) is 5.05 Å². The Bertz CT molecular complexity index is 204. The largest absolute Gasteiger partial charge is 0.490 e. The first-order chi connectivity index (χ1) is 9.81. The van der Waals surface area contributed by atoms with Gasteiger partial charge >= 0.3 is 0 Å². The molecule has 0 aliphatic carbocycles. The number of rotatable bonds is 15. The van der Waals surface area contributed by atoms with Crippen molar-refractivity contribution in [2.45, 2.75) is 103 Å². The molecule has 0 spiro atoms. The van der Waals surface area contributed by atoms with E-state index in [4.69, 9.17) is 17.0 Å². The van der Waals surface area contributed by atoms with E-state index in [-0.39, 0.29) is 0 Å². The number of thiocarbonyl (C=S) groups is 1. The maximum absolute atomic E-state index is 5.03. The van der Waals surface area contributed by atoms with Crippen LogP contribution in [0.3, 0.4) is 0 Å². The quantitative estimate of drug-likeness (QED) is 0.242. The molecule has 0 heterocycles. The first-order valence-electron chi connectivity index (χ1n) is 8.88. The van der Waals surface area contributed by atoms with E-state index in [1.54, 1.807) is 7.11 Å². The molecule has 0 saturated heterocycles. The van der Waals surface area contributed by atoms with Crippen LogP contribution < -0.4 is 0 Å². The molecule has 0 aliphatic rings. The Hall–Kier alpha value is -0.110. The molecular formula is C18H36OS. The van der Waals surface area contributed by atoms with Gasteiger partial charge in [0.05, 0.1) is 7.11 Å². The molecule has 1 nitrogen and oxygen atoms in total. The van der Waals surface area contributed by atoms with Gasteiger partial charge in [0, 0.05) is 6.42 Å². The number of hydrogen-bond acceptors (Lipinski definition) is 2. The zero-order chi connectivity index (χ0) is 14.9. The van der Waals surface area contributed by atoms with Crippen LogP contribution in [0.4, 0.5) is 0 Å². The molecule has 0 amide bonds. The molecule has 2 heteroatoms. The molecule has 0 unspecified atom stereocenters. The Morgan fingerprint density at radius 2 is 1.00 bits per heavy atom. The molecular weight excluding hydrogens is 264 g/mol. The van der Waals surface area contributed by atoms with Gasteiger partial charge in [-0.2, -0.15) is 0 Å². The van der Waals surface area contributed by atoms with Crippen LogP contribution in [0.1, 0.15) is 103 Å². The third kappa shape index (κ3) is 15.9. The number of unbranched alkanes of at least 4 members (excludes halogenated alkanes) is 13. The predicted octanol–water partition coefficient (Wildman–Crippen LogP) is 6.83. The summed E-state index contributed by atoms with van der Waals surface area (Å²) in [4.78, 5) is 0. The van der Waals surface area contributed by atoms with Crippen molar-refractivity contribution in [1.29, 1.82) is 0 Å². The van der Waals surface area contributed by atoms with Gasteiger partial charge in [-0.3, -0.25) is 0 Å². The van der Waals surface area contributed by atoms with Crippen LogP contribution in [0.5, 0.6) is 0 Å². The smallest absolute Gasteiger partial charge is 0.159 e. The summed E-state index contributed by atoms with van der Waals surface area (Å²) in [6.45, 7) is 2.28. The number of hydrogen-bond donors (Lipinski definition) is 0. The molecule has 0 rings (SSSR count). The molecule has 120 valence electrons. The maximum Gasteiger partial charge on any atom is 0.159 e. The first-order valence-corrected chi connectivity index (χ1v) is 9.29. The van der Waals surface area contributed by atoms with E-state index in [1.807, 2.05) is 0 Å². The van der Waals surface area contributed by atoms with E-state index < -0.39 is 0 Å². The Morgan fingerprint density at radius 3 is 1.35 bits per heavy atom. The summed E-state index contributed by atoms with van der Waals surface area (Å²) in [6.07, 6.45) is 20.6. The highest BCUT2D eigenvalue weighted by atomic mass is 32.1. The van der Waals surface area contributed by atoms with Gasteiger partial charge < -0.3 is 4.74 Å². The van der Waals surface area contributed by atoms with E-state index >= 15 is 0 Å². The number of ether oxygens (including phenoxy) is 1. The summed E-state index contributed by atoms with van der Waals surface area (Å²) >= 11 is 5.03. The topological polar surface area (TPSA) is 9.23 Å². The van der Waals surface area contributed by atoms with Gasteiger partial charge in [-0.1, -0.05) is 90.4 Å². The molecule has 0 N–H and O–H groups in total. The van der Waals surface area contributed by atoms with Crippen molar-refractivity contribution < 1.29 is 4.74 Å². The molecule has 0 aromatic carbocycles. The lowest BCUT2D eigenvalue weighted by atomic mass is 10.0. The van der Waals surface area contributed by atoms with E-state index in [1.165, 1.54) is 89.9 Å². The Labute approximate surface area is 132 Å². The second-order valence-electron chi connectivity index (χ2n) is 5.92. The molecule has 0 radical (unpaired) electrons. The lowest BCUT2D eigenvalue weighted by Crippen LogP contribution is -1.96. The average Bonchev–Trinajstić information content (AvgIpc) is 2.47. The summed E-state index contributed by atoms with van der Waals surface area (Å²) in [5.74, 6) is 0. The van der Waals surface area contributed by atoms with Crippen molar-refractivity contribution in [3.8, 4) is 0 Å². The SMILES string of the molecule is CCCCCCCCCCCCCCCCC(=S)OC. The highest BCUT2D eigenvalue weighted by Crippen LogP contribution is 2.13. The predicted molar refractivity (Wildman–Crippen MR) is 94.5 cm³/mol. The van der Waals surface area contributed by atoms with E-state index in [0.717, 1.165) is 11.5 Å². The highest BCUT2D eigenvalue weighted by molar-refractivity contribution is 7.80. The molecule has 20 heavy (non-hydrogen) atoms. The summed E-state index contributed by atoms with van der Waals surface area (Å²) in [5, 5.41) is 0.768. The molecule has 0 fully saturated rings. The standard InChI is InChI=1S/C18H36OS/c1-3-4-5-6-7-8-9-10-11-12-13-14-15-16-17-18(20)19-2/h3-17H2,1-2H3. The van der Waals surface area contributed by atoms with Gasteiger partial charge in [0.1, 0.15) is 0 Å². The summed E-state index contributed by atoms with van der Waals surface area (Å²) < 4.78 is 5.00. The van der Waals surface area contributed by atoms with Crippen LogP contribution in [0.25, 0.3) is 0 Å². The minimum Gasteiger partial charge on any atom is -0.490 e. The van der Waals surface area contributed by atoms with E-state index in [2.05, 4.69) is 6.92 Å². The lowest BCUT2D eigenvalue weighted by Gasteiger charge is -2.03. The lowest BCUT2D eigenvalue weighted by molar-refractivity contribution is 0.399. The zero-order valence-corrected chi connectivity index (χ0v) is 14.7. The normalized spacial score (nSPS) is 10.7. The van der Waals surface area contributed by atoms with Crippen LogP contribution >= 0.6 is 12.2 Å². The van der Waals surface area contributed by atoms with Crippen molar-refractivity contribution in [3.05, 3.63) is 0 Å². The van der Waals surface area contributed by atoms with Crippen LogP contribution in [-0.4, -0.2) is 12.2 Å². The second kappa shape index (κ2) is 16.9. The van der Waals surface area contributed by atoms with Crippen molar-refractivity contribution >= 4 is 17.3 Å². The summed E-state index contributed by atoms with van der Waals surface area (Å²) in [7, 11) is 1.67. The zero-order valence-electron chi connectivity index (χ0n) is 13.9. The van der Waals surface area contributed by atoms with Crippen molar-refractivity contribution in [3.63, 3.8) is 0 Å². The minimum absolute atomic E-state index is 0.768. The third-order valence-electron chi connectivity index (χ3n) is 3.96. The van der Waals surface area contributed by atoms with Gasteiger partial charge in [0.25, 0.3) is 0 Å². The first kappa shape index (κ1) is 19.9. The molecule has 0 aromatic heterocycles. The van der Waals surface area contributed by atoms with Gasteiger partial charge in [0.2, 0.25) is 0 Å². The molecule has 0 bridgehead atoms. The van der Waals surface area contributed by atoms with Crippen LogP contribution in [0.2, 0.25) is 0 Å². The number of methoxy groups -OCH3 is 1. The fourth-order valence-electron chi connectivity index (χ4n) is 2.57. The molecule has 0 atom stereocenters. The Morgan fingerprint density at radius 1 is 0.650 bits per heavy atom. The van der Waals surface area contributed by atoms with E-state index in [0.29, 0.717) is 0 Å². The summed E-state index contributed by atoms with van der Waals surface area (Å²) in [6, 6.07) is 0. The van der Waals surface area contributed by atoms with Gasteiger partial charge in [-0.05, 0) is 18.6 Å². The fraction of sp³-hybridized carbons (Fsp3) is 0.944. The van der Waals surface area contributed by atoms with Crippen LogP contribution in [-0.2, 0) is 4.74 Å². The Balaban J connectivity index is 2.97. The Kier molecular flexibility index (Phi) is 16.8. The van der Waals surface area contributed by atoms with Gasteiger partial charge in [-0.15, -0.1) is 0 Å². The average molecular weight is 301 g/mol.